The summed E-state index contributed by atoms with van der Waals surface area (Å²) in [4.78, 5) is 48.8. The van der Waals surface area contributed by atoms with E-state index in [0.717, 1.165) is 0 Å². The van der Waals surface area contributed by atoms with Crippen LogP contribution < -0.4 is 15.2 Å². The number of benzene rings is 1. The fourth-order valence-corrected chi connectivity index (χ4v) is 2.72. The topological polar surface area (TPSA) is 140 Å². The molecule has 1 aromatic rings. The molecule has 0 radical (unpaired) electrons. The van der Waals surface area contributed by atoms with Crippen molar-refractivity contribution in [1.29, 1.82) is 0 Å². The molecule has 5 atom stereocenters. The van der Waals surface area contributed by atoms with Gasteiger partial charge in [0.05, 0.1) is 11.8 Å². The maximum Gasteiger partial charge on any atom is 0.508 e. The smallest absolute Gasteiger partial charge is 0.458 e. The molecular weight excluding hydrogens is 482 g/mol. The Morgan fingerprint density at radius 3 is 1.86 bits per heavy atom. The lowest BCUT2D eigenvalue weighted by Crippen LogP contribution is -2.37. The minimum atomic E-state index is -1.04. The van der Waals surface area contributed by atoms with Crippen LogP contribution in [0.4, 0.5) is 4.79 Å². The highest BCUT2D eigenvalue weighted by Crippen LogP contribution is 2.31. The van der Waals surface area contributed by atoms with E-state index in [9.17, 15) is 19.2 Å². The van der Waals surface area contributed by atoms with E-state index in [2.05, 4.69) is 0 Å². The second-order valence-electron chi connectivity index (χ2n) is 9.20. The van der Waals surface area contributed by atoms with Crippen molar-refractivity contribution in [3.8, 4) is 11.5 Å². The van der Waals surface area contributed by atoms with Gasteiger partial charge in [0.25, 0.3) is 0 Å². The lowest BCUT2D eigenvalue weighted by atomic mass is 10.1. The number of rotatable bonds is 14. The quantitative estimate of drug-likeness (QED) is 0.276. The van der Waals surface area contributed by atoms with Crippen molar-refractivity contribution >= 4 is 24.1 Å². The van der Waals surface area contributed by atoms with Gasteiger partial charge in [-0.05, 0) is 57.2 Å². The Morgan fingerprint density at radius 2 is 1.32 bits per heavy atom. The van der Waals surface area contributed by atoms with Crippen LogP contribution in [0.1, 0.15) is 73.3 Å². The van der Waals surface area contributed by atoms with Gasteiger partial charge in [-0.1, -0.05) is 40.7 Å². The SMILES string of the molecule is CCC(C)OC(=O)OC[C@H](C)OC(=O)[C@@H](N)Cc1ccc(OC(=O)C(C)CC)c(OC(=O)C(C)CC)c1. The number of nitrogens with two attached hydrogens (primary N) is 1. The molecule has 10 nitrogen and oxygen atoms in total. The van der Waals surface area contributed by atoms with Crippen LogP contribution in [0.25, 0.3) is 0 Å². The summed E-state index contributed by atoms with van der Waals surface area (Å²) >= 11 is 0. The Balaban J connectivity index is 2.87. The average Bonchev–Trinajstić information content (AvgIpc) is 2.87. The Morgan fingerprint density at radius 1 is 0.757 bits per heavy atom. The Labute approximate surface area is 219 Å². The fourth-order valence-electron chi connectivity index (χ4n) is 2.72. The molecule has 10 heteroatoms. The molecule has 0 aliphatic rings. The third-order valence-corrected chi connectivity index (χ3v) is 5.84. The van der Waals surface area contributed by atoms with Crippen LogP contribution in [-0.4, -0.2) is 48.9 Å². The van der Waals surface area contributed by atoms with E-state index in [0.29, 0.717) is 24.8 Å². The molecule has 0 aliphatic carbocycles. The van der Waals surface area contributed by atoms with Crippen molar-refractivity contribution < 1.29 is 42.9 Å². The zero-order chi connectivity index (χ0) is 28.1. The molecule has 0 saturated carbocycles. The fraction of sp³-hybridized carbons (Fsp3) is 0.630. The van der Waals surface area contributed by atoms with Crippen molar-refractivity contribution in [3.63, 3.8) is 0 Å². The van der Waals surface area contributed by atoms with Crippen molar-refractivity contribution in [3.05, 3.63) is 23.8 Å². The van der Waals surface area contributed by atoms with Crippen LogP contribution in [0.15, 0.2) is 18.2 Å². The Hall–Kier alpha value is -3.14. The van der Waals surface area contributed by atoms with E-state index in [1.54, 1.807) is 33.8 Å². The monoisotopic (exact) mass is 523 g/mol. The second kappa shape index (κ2) is 15.9. The second-order valence-corrected chi connectivity index (χ2v) is 9.20. The molecule has 0 amide bonds. The van der Waals surface area contributed by atoms with Gasteiger partial charge in [-0.15, -0.1) is 0 Å². The maximum absolute atomic E-state index is 12.5. The van der Waals surface area contributed by atoms with Crippen LogP contribution in [0, 0.1) is 11.8 Å². The molecule has 0 saturated heterocycles. The normalized spacial score (nSPS) is 14.9. The van der Waals surface area contributed by atoms with E-state index in [1.165, 1.54) is 12.1 Å². The van der Waals surface area contributed by atoms with Crippen molar-refractivity contribution in [1.82, 2.24) is 0 Å². The van der Waals surface area contributed by atoms with E-state index in [-0.39, 0.29) is 42.5 Å². The zero-order valence-electron chi connectivity index (χ0n) is 22.9. The van der Waals surface area contributed by atoms with E-state index < -0.39 is 36.2 Å². The molecule has 2 N–H and O–H groups in total. The van der Waals surface area contributed by atoms with Crippen LogP contribution >= 0.6 is 0 Å². The van der Waals surface area contributed by atoms with Gasteiger partial charge in [0.1, 0.15) is 24.9 Å². The minimum absolute atomic E-state index is 0.0654. The first-order valence-electron chi connectivity index (χ1n) is 12.8. The molecular formula is C27H41NO9. The molecule has 3 unspecified atom stereocenters. The first-order chi connectivity index (χ1) is 17.4. The van der Waals surface area contributed by atoms with Gasteiger partial charge in [-0.25, -0.2) is 4.79 Å². The van der Waals surface area contributed by atoms with Gasteiger partial charge in [0.15, 0.2) is 11.5 Å². The highest BCUT2D eigenvalue weighted by molar-refractivity contribution is 5.79. The number of ether oxygens (including phenoxy) is 5. The first kappa shape index (κ1) is 31.9. The van der Waals surface area contributed by atoms with Gasteiger partial charge >= 0.3 is 24.1 Å². The molecule has 1 rings (SSSR count). The molecule has 0 fully saturated rings. The third-order valence-electron chi connectivity index (χ3n) is 5.84. The largest absolute Gasteiger partial charge is 0.508 e. The predicted molar refractivity (Wildman–Crippen MR) is 136 cm³/mol. The zero-order valence-corrected chi connectivity index (χ0v) is 22.9. The van der Waals surface area contributed by atoms with Crippen molar-refractivity contribution in [2.45, 2.75) is 92.4 Å². The van der Waals surface area contributed by atoms with Crippen LogP contribution in [-0.2, 0) is 35.0 Å². The first-order valence-corrected chi connectivity index (χ1v) is 12.8. The van der Waals surface area contributed by atoms with Crippen LogP contribution in [0.2, 0.25) is 0 Å². The predicted octanol–water partition coefficient (Wildman–Crippen LogP) is 4.34. The van der Waals surface area contributed by atoms with Gasteiger partial charge in [0, 0.05) is 0 Å². The lowest BCUT2D eigenvalue weighted by Gasteiger charge is -2.18. The van der Waals surface area contributed by atoms with E-state index in [1.807, 2.05) is 20.8 Å². The highest BCUT2D eigenvalue weighted by Gasteiger charge is 2.23. The minimum Gasteiger partial charge on any atom is -0.458 e. The van der Waals surface area contributed by atoms with Crippen LogP contribution in [0.5, 0.6) is 11.5 Å². The summed E-state index contributed by atoms with van der Waals surface area (Å²) in [6, 6.07) is 3.61. The van der Waals surface area contributed by atoms with E-state index in [4.69, 9.17) is 29.4 Å². The Kier molecular flexibility index (Phi) is 13.7. The summed E-state index contributed by atoms with van der Waals surface area (Å²) in [5, 5.41) is 0. The molecule has 0 heterocycles. The maximum atomic E-state index is 12.5. The molecule has 0 spiro atoms. The lowest BCUT2D eigenvalue weighted by molar-refractivity contribution is -0.152. The summed E-state index contributed by atoms with van der Waals surface area (Å²) in [7, 11) is 0. The Bertz CT molecular complexity index is 917. The van der Waals surface area contributed by atoms with Gasteiger partial charge in [0.2, 0.25) is 0 Å². The van der Waals surface area contributed by atoms with Crippen molar-refractivity contribution in [2.24, 2.45) is 17.6 Å². The highest BCUT2D eigenvalue weighted by atomic mass is 16.7. The van der Waals surface area contributed by atoms with Gasteiger partial charge in [-0.3, -0.25) is 14.4 Å². The molecule has 37 heavy (non-hydrogen) atoms. The third kappa shape index (κ3) is 11.2. The average molecular weight is 524 g/mol. The summed E-state index contributed by atoms with van der Waals surface area (Å²) in [6.07, 6.45) is 0.0301. The number of esters is 3. The standard InChI is InChI=1S/C27H41NO9/c1-8-16(4)24(29)36-22-12-11-20(14-23(22)37-25(30)17(5)9-2)13-21(28)26(31)34-19(7)15-33-27(32)35-18(6)10-3/h11-12,14,16-19,21H,8-10,13,15,28H2,1-7H3/t16?,17?,18?,19-,21-/m0/s1. The number of carbonyl (C=O) groups excluding carboxylic acids is 4. The number of carbonyl (C=O) groups is 4. The summed E-state index contributed by atoms with van der Waals surface area (Å²) in [6.45, 7) is 12.2. The van der Waals surface area contributed by atoms with Crippen LogP contribution in [0.3, 0.4) is 0 Å². The summed E-state index contributed by atoms with van der Waals surface area (Å²) in [5.41, 5.74) is 6.61. The number of hydrogen-bond donors (Lipinski definition) is 1. The molecule has 1 aromatic carbocycles. The van der Waals surface area contributed by atoms with Crippen molar-refractivity contribution in [2.75, 3.05) is 6.61 Å². The van der Waals surface area contributed by atoms with E-state index >= 15 is 0 Å². The summed E-state index contributed by atoms with van der Waals surface area (Å²) in [5.74, 6) is -2.12. The van der Waals surface area contributed by atoms with Gasteiger partial charge in [-0.2, -0.15) is 0 Å². The molecule has 0 bridgehead atoms. The molecule has 0 aliphatic heterocycles. The number of hydrogen-bond acceptors (Lipinski definition) is 10. The van der Waals surface area contributed by atoms with Gasteiger partial charge < -0.3 is 29.4 Å². The summed E-state index contributed by atoms with van der Waals surface area (Å²) < 4.78 is 26.2. The molecule has 0 aromatic heterocycles. The molecule has 208 valence electrons.